The molecule has 0 aliphatic rings. The average Bonchev–Trinajstić information content (AvgIpc) is 2.63. The number of benzene rings is 2. The highest BCUT2D eigenvalue weighted by Crippen LogP contribution is 2.51. The fourth-order valence-electron chi connectivity index (χ4n) is 2.31. The predicted octanol–water partition coefficient (Wildman–Crippen LogP) is 4.81. The third kappa shape index (κ3) is 5.08. The number of hydrogen-bond acceptors (Lipinski definition) is 6. The van der Waals surface area contributed by atoms with E-state index in [-0.39, 0.29) is 30.9 Å². The monoisotopic (exact) mass is 376 g/mol. The second-order valence-electron chi connectivity index (χ2n) is 5.26. The van der Waals surface area contributed by atoms with Gasteiger partial charge in [-0.3, -0.25) is 19.7 Å². The van der Waals surface area contributed by atoms with Gasteiger partial charge in [0.2, 0.25) is 0 Å². The van der Waals surface area contributed by atoms with E-state index in [0.717, 1.165) is 5.56 Å². The quantitative estimate of drug-likeness (QED) is 0.271. The van der Waals surface area contributed by atoms with Gasteiger partial charge in [0, 0.05) is 17.7 Å². The summed E-state index contributed by atoms with van der Waals surface area (Å²) in [5, 5.41) is 10.7. The van der Waals surface area contributed by atoms with Crippen LogP contribution >= 0.6 is 7.60 Å². The number of non-ortho nitro benzene ring substituents is 1. The highest BCUT2D eigenvalue weighted by molar-refractivity contribution is 7.73. The Kier molecular flexibility index (Phi) is 7.21. The molecule has 2 aromatic rings. The lowest BCUT2D eigenvalue weighted by Gasteiger charge is -2.19. The molecule has 2 aromatic carbocycles. The summed E-state index contributed by atoms with van der Waals surface area (Å²) in [7, 11) is -3.57. The van der Waals surface area contributed by atoms with Crippen LogP contribution < -0.4 is 0 Å². The Morgan fingerprint density at radius 2 is 1.62 bits per heavy atom. The Morgan fingerprint density at radius 3 is 2.12 bits per heavy atom. The summed E-state index contributed by atoms with van der Waals surface area (Å²) < 4.78 is 24.1. The SMILES string of the molecule is CCOP(=O)(OCC)C(=NCc1ccc([N+](=O)[O-])cc1)c1ccccc1. The van der Waals surface area contributed by atoms with Crippen molar-refractivity contribution in [3.05, 3.63) is 75.8 Å². The van der Waals surface area contributed by atoms with Gasteiger partial charge in [0.1, 0.15) is 0 Å². The molecule has 0 radical (unpaired) electrons. The number of hydrogen-bond donors (Lipinski definition) is 0. The van der Waals surface area contributed by atoms with E-state index < -0.39 is 12.5 Å². The Labute approximate surface area is 152 Å². The zero-order chi connectivity index (χ0) is 19.0. The van der Waals surface area contributed by atoms with E-state index in [4.69, 9.17) is 9.05 Å². The molecule has 0 saturated heterocycles. The molecule has 0 aromatic heterocycles. The maximum absolute atomic E-state index is 13.2. The second kappa shape index (κ2) is 9.38. The van der Waals surface area contributed by atoms with Crippen molar-refractivity contribution in [1.82, 2.24) is 0 Å². The summed E-state index contributed by atoms with van der Waals surface area (Å²) in [5.41, 5.74) is 1.67. The summed E-state index contributed by atoms with van der Waals surface area (Å²) in [6.07, 6.45) is 0. The lowest BCUT2D eigenvalue weighted by molar-refractivity contribution is -0.384. The van der Waals surface area contributed by atoms with Crippen LogP contribution in [-0.2, 0) is 20.2 Å². The Balaban J connectivity index is 2.38. The van der Waals surface area contributed by atoms with Gasteiger partial charge in [-0.05, 0) is 19.4 Å². The van der Waals surface area contributed by atoms with E-state index in [1.54, 1.807) is 38.1 Å². The molecular weight excluding hydrogens is 355 g/mol. The summed E-state index contributed by atoms with van der Waals surface area (Å²) in [4.78, 5) is 14.8. The number of nitro groups is 1. The first-order valence-corrected chi connectivity index (χ1v) is 9.77. The van der Waals surface area contributed by atoms with Crippen LogP contribution in [0.4, 0.5) is 5.69 Å². The molecule has 26 heavy (non-hydrogen) atoms. The van der Waals surface area contributed by atoms with E-state index in [0.29, 0.717) is 5.56 Å². The Hall–Kier alpha value is -2.34. The van der Waals surface area contributed by atoms with Gasteiger partial charge in [-0.15, -0.1) is 0 Å². The van der Waals surface area contributed by atoms with Crippen LogP contribution in [0.1, 0.15) is 25.0 Å². The molecular formula is C18H21N2O5P. The van der Waals surface area contributed by atoms with Gasteiger partial charge < -0.3 is 9.05 Å². The summed E-state index contributed by atoms with van der Waals surface area (Å²) in [5.74, 6) is 0. The molecule has 7 nitrogen and oxygen atoms in total. The molecule has 138 valence electrons. The molecule has 0 atom stereocenters. The summed E-state index contributed by atoms with van der Waals surface area (Å²) in [6.45, 7) is 4.13. The molecule has 0 aliphatic carbocycles. The average molecular weight is 376 g/mol. The van der Waals surface area contributed by atoms with Crippen LogP contribution in [0.2, 0.25) is 0 Å². The lowest BCUT2D eigenvalue weighted by Crippen LogP contribution is -2.09. The molecule has 0 heterocycles. The van der Waals surface area contributed by atoms with Crippen LogP contribution in [0.25, 0.3) is 0 Å². The van der Waals surface area contributed by atoms with Crippen molar-refractivity contribution in [1.29, 1.82) is 0 Å². The summed E-state index contributed by atoms with van der Waals surface area (Å²) in [6, 6.07) is 15.1. The Bertz CT molecular complexity index is 796. The maximum atomic E-state index is 13.2. The molecule has 0 fully saturated rings. The second-order valence-corrected chi connectivity index (χ2v) is 7.20. The topological polar surface area (TPSA) is 91.0 Å². The minimum absolute atomic E-state index is 0.00955. The molecule has 8 heteroatoms. The largest absolute Gasteiger partial charge is 0.379 e. The Morgan fingerprint density at radius 1 is 1.04 bits per heavy atom. The molecule has 0 spiro atoms. The standard InChI is InChI=1S/C18H21N2O5P/c1-3-24-26(23,25-4-2)18(16-8-6-5-7-9-16)19-14-15-10-12-17(13-11-15)20(21)22/h5-13H,3-4,14H2,1-2H3. The van der Waals surface area contributed by atoms with Crippen molar-refractivity contribution in [3.63, 3.8) is 0 Å². The van der Waals surface area contributed by atoms with Gasteiger partial charge in [0.05, 0.1) is 24.7 Å². The predicted molar refractivity (Wildman–Crippen MR) is 101 cm³/mol. The van der Waals surface area contributed by atoms with Crippen molar-refractivity contribution < 1.29 is 18.5 Å². The number of nitrogens with zero attached hydrogens (tertiary/aromatic N) is 2. The van der Waals surface area contributed by atoms with Gasteiger partial charge in [-0.1, -0.05) is 42.5 Å². The molecule has 0 N–H and O–H groups in total. The molecule has 2 rings (SSSR count). The van der Waals surface area contributed by atoms with Gasteiger partial charge in [0.15, 0.2) is 5.45 Å². The fraction of sp³-hybridized carbons (Fsp3) is 0.278. The van der Waals surface area contributed by atoms with E-state index in [9.17, 15) is 14.7 Å². The van der Waals surface area contributed by atoms with Gasteiger partial charge >= 0.3 is 7.60 Å². The normalized spacial score (nSPS) is 12.2. The summed E-state index contributed by atoms with van der Waals surface area (Å²) >= 11 is 0. The first-order valence-electron chi connectivity index (χ1n) is 8.23. The first-order chi connectivity index (χ1) is 12.5. The van der Waals surface area contributed by atoms with E-state index >= 15 is 0 Å². The van der Waals surface area contributed by atoms with E-state index in [2.05, 4.69) is 4.99 Å². The van der Waals surface area contributed by atoms with Crippen molar-refractivity contribution in [2.45, 2.75) is 20.4 Å². The van der Waals surface area contributed by atoms with Crippen molar-refractivity contribution in [3.8, 4) is 0 Å². The first kappa shape index (κ1) is 20.0. The van der Waals surface area contributed by atoms with Crippen LogP contribution in [-0.4, -0.2) is 23.6 Å². The fourth-order valence-corrected chi connectivity index (χ4v) is 4.02. The minimum atomic E-state index is -3.57. The molecule has 0 unspecified atom stereocenters. The number of nitro benzene ring substituents is 1. The molecule has 0 saturated carbocycles. The van der Waals surface area contributed by atoms with Crippen LogP contribution in [0, 0.1) is 10.1 Å². The van der Waals surface area contributed by atoms with Crippen LogP contribution in [0.5, 0.6) is 0 Å². The zero-order valence-corrected chi connectivity index (χ0v) is 15.6. The highest BCUT2D eigenvalue weighted by Gasteiger charge is 2.32. The third-order valence-corrected chi connectivity index (χ3v) is 5.56. The van der Waals surface area contributed by atoms with Gasteiger partial charge in [0.25, 0.3) is 5.69 Å². The van der Waals surface area contributed by atoms with E-state index in [1.165, 1.54) is 12.1 Å². The van der Waals surface area contributed by atoms with Crippen molar-refractivity contribution in [2.75, 3.05) is 13.2 Å². The number of rotatable bonds is 9. The van der Waals surface area contributed by atoms with Crippen LogP contribution in [0.3, 0.4) is 0 Å². The maximum Gasteiger partial charge on any atom is 0.379 e. The van der Waals surface area contributed by atoms with Crippen LogP contribution in [0.15, 0.2) is 59.6 Å². The van der Waals surface area contributed by atoms with Crippen molar-refractivity contribution >= 4 is 18.7 Å². The lowest BCUT2D eigenvalue weighted by atomic mass is 10.2. The van der Waals surface area contributed by atoms with E-state index in [1.807, 2.05) is 18.2 Å². The molecule has 0 bridgehead atoms. The zero-order valence-electron chi connectivity index (χ0n) is 14.7. The highest BCUT2D eigenvalue weighted by atomic mass is 31.2. The molecule has 0 amide bonds. The minimum Gasteiger partial charge on any atom is -0.304 e. The van der Waals surface area contributed by atoms with Crippen molar-refractivity contribution in [2.24, 2.45) is 4.99 Å². The smallest absolute Gasteiger partial charge is 0.304 e. The van der Waals surface area contributed by atoms with Gasteiger partial charge in [-0.25, -0.2) is 0 Å². The molecule has 0 aliphatic heterocycles. The van der Waals surface area contributed by atoms with Gasteiger partial charge in [-0.2, -0.15) is 0 Å². The number of aliphatic imine (C=N–C) groups is 1. The third-order valence-electron chi connectivity index (χ3n) is 3.45.